The number of aromatic nitrogens is 3. The molecule has 1 aliphatic heterocycles. The maximum Gasteiger partial charge on any atom is 0.266 e. The van der Waals surface area contributed by atoms with Crippen molar-refractivity contribution in [2.24, 2.45) is 0 Å². The molecule has 6 nitrogen and oxygen atoms in total. The fraction of sp³-hybridized carbons (Fsp3) is 0.611. The highest BCUT2D eigenvalue weighted by Crippen LogP contribution is 2.38. The fourth-order valence-corrected chi connectivity index (χ4v) is 3.63. The zero-order valence-corrected chi connectivity index (χ0v) is 14.4. The van der Waals surface area contributed by atoms with Crippen LogP contribution >= 0.6 is 0 Å². The van der Waals surface area contributed by atoms with E-state index in [2.05, 4.69) is 15.2 Å². The summed E-state index contributed by atoms with van der Waals surface area (Å²) in [4.78, 5) is 14.6. The summed E-state index contributed by atoms with van der Waals surface area (Å²) in [6.07, 6.45) is 4.66. The van der Waals surface area contributed by atoms with Crippen LogP contribution in [0.15, 0.2) is 21.5 Å². The van der Waals surface area contributed by atoms with Crippen LogP contribution in [-0.2, 0) is 13.1 Å². The number of rotatable bonds is 5. The van der Waals surface area contributed by atoms with Crippen molar-refractivity contribution in [2.45, 2.75) is 64.6 Å². The van der Waals surface area contributed by atoms with Gasteiger partial charge in [-0.3, -0.25) is 9.69 Å². The third kappa shape index (κ3) is 3.02. The van der Waals surface area contributed by atoms with E-state index in [4.69, 9.17) is 4.52 Å². The Hall–Kier alpha value is -1.95. The molecule has 1 unspecified atom stereocenters. The monoisotopic (exact) mass is 328 g/mol. The number of nitrogens with zero attached hydrogens (tertiary/aromatic N) is 4. The van der Waals surface area contributed by atoms with Crippen LogP contribution < -0.4 is 5.56 Å². The summed E-state index contributed by atoms with van der Waals surface area (Å²) in [5.41, 5.74) is 3.21. The van der Waals surface area contributed by atoms with E-state index in [0.29, 0.717) is 18.5 Å². The van der Waals surface area contributed by atoms with Gasteiger partial charge in [0.05, 0.1) is 17.9 Å². The topological polar surface area (TPSA) is 64.2 Å². The van der Waals surface area contributed by atoms with E-state index >= 15 is 0 Å². The summed E-state index contributed by atoms with van der Waals surface area (Å²) < 4.78 is 6.95. The third-order valence-corrected chi connectivity index (χ3v) is 5.31. The van der Waals surface area contributed by atoms with Gasteiger partial charge in [-0.05, 0) is 52.1 Å². The smallest absolute Gasteiger partial charge is 0.266 e. The van der Waals surface area contributed by atoms with Crippen molar-refractivity contribution in [3.63, 3.8) is 0 Å². The summed E-state index contributed by atoms with van der Waals surface area (Å²) in [6, 6.07) is 3.92. The highest BCUT2D eigenvalue weighted by molar-refractivity contribution is 5.21. The maximum atomic E-state index is 12.2. The number of hydrogen-bond donors (Lipinski definition) is 0. The molecule has 2 aliphatic rings. The molecule has 1 saturated carbocycles. The molecule has 1 saturated heterocycles. The van der Waals surface area contributed by atoms with E-state index < -0.39 is 0 Å². The zero-order chi connectivity index (χ0) is 16.7. The van der Waals surface area contributed by atoms with Crippen molar-refractivity contribution in [3.05, 3.63) is 45.2 Å². The highest BCUT2D eigenvalue weighted by Gasteiger charge is 2.29. The molecule has 1 atom stereocenters. The van der Waals surface area contributed by atoms with E-state index in [1.807, 2.05) is 19.9 Å². The Labute approximate surface area is 141 Å². The second-order valence-corrected chi connectivity index (χ2v) is 7.12. The summed E-state index contributed by atoms with van der Waals surface area (Å²) in [6.45, 7) is 6.51. The zero-order valence-electron chi connectivity index (χ0n) is 14.4. The summed E-state index contributed by atoms with van der Waals surface area (Å²) >= 11 is 0. The molecule has 128 valence electrons. The summed E-state index contributed by atoms with van der Waals surface area (Å²) in [7, 11) is 0. The van der Waals surface area contributed by atoms with Crippen molar-refractivity contribution in [3.8, 4) is 0 Å². The first kappa shape index (κ1) is 15.6. The fourth-order valence-electron chi connectivity index (χ4n) is 3.63. The van der Waals surface area contributed by atoms with Crippen LogP contribution in [0.4, 0.5) is 0 Å². The molecule has 2 aromatic heterocycles. The number of likely N-dealkylation sites (tertiary alicyclic amines) is 1. The molecule has 0 bridgehead atoms. The van der Waals surface area contributed by atoms with Gasteiger partial charge in [0.1, 0.15) is 5.76 Å². The first-order valence-electron chi connectivity index (χ1n) is 8.85. The molecule has 6 heteroatoms. The van der Waals surface area contributed by atoms with Gasteiger partial charge >= 0.3 is 0 Å². The lowest BCUT2D eigenvalue weighted by atomic mass is 10.1. The van der Waals surface area contributed by atoms with Crippen molar-refractivity contribution >= 4 is 0 Å². The largest absolute Gasteiger partial charge is 0.361 e. The van der Waals surface area contributed by atoms with Gasteiger partial charge < -0.3 is 4.52 Å². The van der Waals surface area contributed by atoms with E-state index in [1.165, 1.54) is 18.4 Å². The van der Waals surface area contributed by atoms with Gasteiger partial charge in [0.2, 0.25) is 0 Å². The minimum absolute atomic E-state index is 0.00332. The molecule has 0 amide bonds. The van der Waals surface area contributed by atoms with E-state index in [9.17, 15) is 4.79 Å². The predicted molar refractivity (Wildman–Crippen MR) is 89.9 cm³/mol. The van der Waals surface area contributed by atoms with Crippen LogP contribution in [0.3, 0.4) is 0 Å². The van der Waals surface area contributed by atoms with Crippen molar-refractivity contribution in [1.82, 2.24) is 19.8 Å². The van der Waals surface area contributed by atoms with Gasteiger partial charge in [-0.15, -0.1) is 0 Å². The van der Waals surface area contributed by atoms with E-state index in [0.717, 1.165) is 43.1 Å². The molecule has 1 aliphatic carbocycles. The van der Waals surface area contributed by atoms with Gasteiger partial charge in [-0.25, -0.2) is 4.68 Å². The summed E-state index contributed by atoms with van der Waals surface area (Å²) in [5.74, 6) is 1.46. The molecule has 2 fully saturated rings. The van der Waals surface area contributed by atoms with Crippen LogP contribution in [0.2, 0.25) is 0 Å². The van der Waals surface area contributed by atoms with Gasteiger partial charge in [0, 0.05) is 30.1 Å². The molecule has 24 heavy (non-hydrogen) atoms. The average Bonchev–Trinajstić information content (AvgIpc) is 3.26. The normalized spacial score (nSPS) is 21.5. The van der Waals surface area contributed by atoms with Gasteiger partial charge in [0.25, 0.3) is 5.56 Å². The Kier molecular flexibility index (Phi) is 4.00. The molecule has 0 spiro atoms. The Morgan fingerprint density at radius 3 is 2.79 bits per heavy atom. The lowest BCUT2D eigenvalue weighted by molar-refractivity contribution is 0.215. The Morgan fingerprint density at radius 1 is 1.25 bits per heavy atom. The molecule has 3 heterocycles. The predicted octanol–water partition coefficient (Wildman–Crippen LogP) is 2.39. The van der Waals surface area contributed by atoms with Crippen molar-refractivity contribution < 1.29 is 4.52 Å². The van der Waals surface area contributed by atoms with Crippen molar-refractivity contribution in [2.75, 3.05) is 6.54 Å². The average molecular weight is 328 g/mol. The Balaban J connectivity index is 1.51. The summed E-state index contributed by atoms with van der Waals surface area (Å²) in [5, 5.41) is 8.66. The first-order valence-corrected chi connectivity index (χ1v) is 8.85. The van der Waals surface area contributed by atoms with Crippen LogP contribution in [-0.4, -0.2) is 32.4 Å². The lowest BCUT2D eigenvalue weighted by Crippen LogP contribution is -2.37. The Morgan fingerprint density at radius 2 is 2.08 bits per heavy atom. The molecule has 0 radical (unpaired) electrons. The van der Waals surface area contributed by atoms with E-state index in [1.54, 1.807) is 10.7 Å². The van der Waals surface area contributed by atoms with Gasteiger partial charge in [0.15, 0.2) is 0 Å². The first-order chi connectivity index (χ1) is 11.6. The molecule has 4 rings (SSSR count). The van der Waals surface area contributed by atoms with Crippen LogP contribution in [0.5, 0.6) is 0 Å². The van der Waals surface area contributed by atoms with Crippen LogP contribution in [0.25, 0.3) is 0 Å². The quantitative estimate of drug-likeness (QED) is 0.843. The Bertz CT molecular complexity index is 771. The van der Waals surface area contributed by atoms with Gasteiger partial charge in [-0.2, -0.15) is 5.10 Å². The maximum absolute atomic E-state index is 12.2. The van der Waals surface area contributed by atoms with Crippen LogP contribution in [0.1, 0.15) is 54.3 Å². The number of hydrogen-bond acceptors (Lipinski definition) is 5. The molecule has 0 N–H and O–H groups in total. The second kappa shape index (κ2) is 6.16. The highest BCUT2D eigenvalue weighted by atomic mass is 16.5. The SMILES string of the molecule is Cc1noc(C)c1CN1CCCC1Cn1nc(C2CC2)ccc1=O. The van der Waals surface area contributed by atoms with Crippen molar-refractivity contribution in [1.29, 1.82) is 0 Å². The van der Waals surface area contributed by atoms with E-state index in [-0.39, 0.29) is 5.56 Å². The lowest BCUT2D eigenvalue weighted by Gasteiger charge is -2.24. The van der Waals surface area contributed by atoms with Gasteiger partial charge in [-0.1, -0.05) is 5.16 Å². The minimum atomic E-state index is 0.00332. The molecule has 0 aromatic carbocycles. The molecule has 2 aromatic rings. The minimum Gasteiger partial charge on any atom is -0.361 e. The number of aryl methyl sites for hydroxylation is 2. The molecular weight excluding hydrogens is 304 g/mol. The standard InChI is InChI=1S/C18H24N4O2/c1-12-16(13(2)24-20-12)11-21-9-3-4-15(21)10-22-18(23)8-7-17(19-22)14-5-6-14/h7-8,14-15H,3-6,9-11H2,1-2H3. The van der Waals surface area contributed by atoms with Crippen LogP contribution in [0, 0.1) is 13.8 Å². The third-order valence-electron chi connectivity index (χ3n) is 5.31. The molecular formula is C18H24N4O2. The second-order valence-electron chi connectivity index (χ2n) is 7.12.